The quantitative estimate of drug-likeness (QED) is 0.918. The van der Waals surface area contributed by atoms with E-state index < -0.39 is 15.8 Å². The normalized spacial score (nSPS) is 25.0. The Morgan fingerprint density at radius 1 is 1.22 bits per heavy atom. The van der Waals surface area contributed by atoms with Gasteiger partial charge < -0.3 is 0 Å². The fourth-order valence-corrected chi connectivity index (χ4v) is 3.87. The summed E-state index contributed by atoms with van der Waals surface area (Å²) in [6.07, 6.45) is 4.01. The van der Waals surface area contributed by atoms with E-state index in [1.165, 1.54) is 24.3 Å². The Morgan fingerprint density at radius 2 is 1.89 bits per heavy atom. The third kappa shape index (κ3) is 2.90. The molecule has 1 aliphatic carbocycles. The highest BCUT2D eigenvalue weighted by molar-refractivity contribution is 7.89. The standard InChI is InChI=1S/C13H18FNO2S/c1-10-6-2-4-8-12(10)15-18(16,17)13-9-5-3-7-11(13)14/h3,5,7,9-10,12,15H,2,4,6,8H2,1H3/t10-,12-/m1/s1. The molecule has 2 atom stereocenters. The molecule has 2 rings (SSSR count). The maximum Gasteiger partial charge on any atom is 0.243 e. The third-order valence-electron chi connectivity index (χ3n) is 3.54. The summed E-state index contributed by atoms with van der Waals surface area (Å²) in [6.45, 7) is 2.04. The second-order valence-corrected chi connectivity index (χ2v) is 6.60. The lowest BCUT2D eigenvalue weighted by Gasteiger charge is -2.29. The van der Waals surface area contributed by atoms with E-state index in [1.54, 1.807) is 0 Å². The van der Waals surface area contributed by atoms with E-state index >= 15 is 0 Å². The Bertz CT molecular complexity index is 515. The lowest BCUT2D eigenvalue weighted by Crippen LogP contribution is -2.41. The zero-order valence-corrected chi connectivity index (χ0v) is 11.2. The molecule has 0 aliphatic heterocycles. The summed E-state index contributed by atoms with van der Waals surface area (Å²) >= 11 is 0. The number of benzene rings is 1. The maximum absolute atomic E-state index is 13.5. The van der Waals surface area contributed by atoms with Crippen molar-refractivity contribution in [3.05, 3.63) is 30.1 Å². The summed E-state index contributed by atoms with van der Waals surface area (Å²) in [6, 6.07) is 5.40. The summed E-state index contributed by atoms with van der Waals surface area (Å²) in [5.74, 6) is -0.395. The van der Waals surface area contributed by atoms with Gasteiger partial charge in [-0.15, -0.1) is 0 Å². The van der Waals surface area contributed by atoms with Gasteiger partial charge in [0.05, 0.1) is 0 Å². The van der Waals surface area contributed by atoms with Crippen LogP contribution >= 0.6 is 0 Å². The van der Waals surface area contributed by atoms with Gasteiger partial charge in [-0.3, -0.25) is 0 Å². The molecule has 0 bridgehead atoms. The molecule has 0 unspecified atom stereocenters. The van der Waals surface area contributed by atoms with Gasteiger partial charge in [0.15, 0.2) is 0 Å². The van der Waals surface area contributed by atoms with Crippen molar-refractivity contribution in [2.75, 3.05) is 0 Å². The van der Waals surface area contributed by atoms with E-state index in [0.29, 0.717) is 5.92 Å². The average molecular weight is 271 g/mol. The van der Waals surface area contributed by atoms with Crippen molar-refractivity contribution < 1.29 is 12.8 Å². The van der Waals surface area contributed by atoms with Crippen LogP contribution in [0, 0.1) is 11.7 Å². The van der Waals surface area contributed by atoms with Crippen molar-refractivity contribution in [2.45, 2.75) is 43.5 Å². The van der Waals surface area contributed by atoms with Crippen molar-refractivity contribution >= 4 is 10.0 Å². The zero-order chi connectivity index (χ0) is 13.2. The lowest BCUT2D eigenvalue weighted by molar-refractivity contribution is 0.310. The molecule has 1 aromatic carbocycles. The van der Waals surface area contributed by atoms with Gasteiger partial charge in [-0.1, -0.05) is 31.9 Å². The highest BCUT2D eigenvalue weighted by atomic mass is 32.2. The molecule has 1 N–H and O–H groups in total. The van der Waals surface area contributed by atoms with Gasteiger partial charge in [0.25, 0.3) is 0 Å². The second-order valence-electron chi connectivity index (χ2n) is 4.92. The van der Waals surface area contributed by atoms with Crippen LogP contribution in [0.2, 0.25) is 0 Å². The van der Waals surface area contributed by atoms with E-state index in [0.717, 1.165) is 25.7 Å². The predicted octanol–water partition coefficient (Wildman–Crippen LogP) is 2.68. The molecule has 100 valence electrons. The fourth-order valence-electron chi connectivity index (χ4n) is 2.42. The Morgan fingerprint density at radius 3 is 2.56 bits per heavy atom. The van der Waals surface area contributed by atoms with E-state index in [9.17, 15) is 12.8 Å². The molecule has 0 heterocycles. The van der Waals surface area contributed by atoms with Crippen LogP contribution < -0.4 is 4.72 Å². The highest BCUT2D eigenvalue weighted by Crippen LogP contribution is 2.25. The average Bonchev–Trinajstić information content (AvgIpc) is 2.32. The lowest BCUT2D eigenvalue weighted by atomic mass is 9.87. The molecule has 0 radical (unpaired) electrons. The van der Waals surface area contributed by atoms with Crippen molar-refractivity contribution in [1.29, 1.82) is 0 Å². The molecular formula is C13H18FNO2S. The molecule has 0 saturated heterocycles. The topological polar surface area (TPSA) is 46.2 Å². The van der Waals surface area contributed by atoms with E-state index in [1.807, 2.05) is 6.92 Å². The Hall–Kier alpha value is -0.940. The number of halogens is 1. The number of hydrogen-bond donors (Lipinski definition) is 1. The van der Waals surface area contributed by atoms with E-state index in [2.05, 4.69) is 4.72 Å². The first kappa shape index (κ1) is 13.5. The minimum Gasteiger partial charge on any atom is -0.208 e. The molecule has 0 aromatic heterocycles. The van der Waals surface area contributed by atoms with Gasteiger partial charge in [0.1, 0.15) is 10.7 Å². The number of hydrogen-bond acceptors (Lipinski definition) is 2. The first-order valence-corrected chi connectivity index (χ1v) is 7.76. The first-order valence-electron chi connectivity index (χ1n) is 6.27. The minimum absolute atomic E-state index is 0.0802. The zero-order valence-electron chi connectivity index (χ0n) is 10.4. The minimum atomic E-state index is -3.75. The number of sulfonamides is 1. The van der Waals surface area contributed by atoms with Crippen LogP contribution in [0.5, 0.6) is 0 Å². The Balaban J connectivity index is 2.19. The van der Waals surface area contributed by atoms with Crippen molar-refractivity contribution in [1.82, 2.24) is 4.72 Å². The number of nitrogens with one attached hydrogen (secondary N) is 1. The highest BCUT2D eigenvalue weighted by Gasteiger charge is 2.27. The predicted molar refractivity (Wildman–Crippen MR) is 68.1 cm³/mol. The fraction of sp³-hybridized carbons (Fsp3) is 0.538. The largest absolute Gasteiger partial charge is 0.243 e. The van der Waals surface area contributed by atoms with Gasteiger partial charge in [-0.25, -0.2) is 17.5 Å². The van der Waals surface area contributed by atoms with Gasteiger partial charge in [0, 0.05) is 6.04 Å². The van der Waals surface area contributed by atoms with Crippen LogP contribution in [0.25, 0.3) is 0 Å². The molecule has 1 saturated carbocycles. The van der Waals surface area contributed by atoms with Crippen molar-refractivity contribution in [3.8, 4) is 0 Å². The summed E-state index contributed by atoms with van der Waals surface area (Å²) in [4.78, 5) is -0.261. The molecule has 3 nitrogen and oxygen atoms in total. The van der Waals surface area contributed by atoms with Gasteiger partial charge >= 0.3 is 0 Å². The second kappa shape index (κ2) is 5.36. The molecule has 0 spiro atoms. The maximum atomic E-state index is 13.5. The van der Waals surface area contributed by atoms with E-state index in [4.69, 9.17) is 0 Å². The van der Waals surface area contributed by atoms with E-state index in [-0.39, 0.29) is 10.9 Å². The van der Waals surface area contributed by atoms with Gasteiger partial charge in [-0.2, -0.15) is 0 Å². The summed E-state index contributed by atoms with van der Waals surface area (Å²) in [7, 11) is -3.75. The smallest absolute Gasteiger partial charge is 0.208 e. The van der Waals surface area contributed by atoms with Crippen molar-refractivity contribution in [3.63, 3.8) is 0 Å². The molecular weight excluding hydrogens is 253 g/mol. The molecule has 1 aliphatic rings. The SMILES string of the molecule is C[C@@H]1CCCC[C@H]1NS(=O)(=O)c1ccccc1F. The third-order valence-corrected chi connectivity index (χ3v) is 5.07. The van der Waals surface area contributed by atoms with Crippen LogP contribution in [0.3, 0.4) is 0 Å². The molecule has 0 amide bonds. The molecule has 18 heavy (non-hydrogen) atoms. The Labute approximate surface area is 107 Å². The van der Waals surface area contributed by atoms with Gasteiger partial charge in [-0.05, 0) is 30.9 Å². The molecule has 1 fully saturated rings. The Kier molecular flexibility index (Phi) is 4.02. The summed E-state index contributed by atoms with van der Waals surface area (Å²) in [5.41, 5.74) is 0. The summed E-state index contributed by atoms with van der Waals surface area (Å²) < 4.78 is 40.4. The van der Waals surface area contributed by atoms with Crippen LogP contribution in [-0.2, 0) is 10.0 Å². The van der Waals surface area contributed by atoms with Crippen molar-refractivity contribution in [2.24, 2.45) is 5.92 Å². The molecule has 5 heteroatoms. The molecule has 1 aromatic rings. The van der Waals surface area contributed by atoms with Crippen LogP contribution in [0.1, 0.15) is 32.6 Å². The van der Waals surface area contributed by atoms with Crippen LogP contribution in [-0.4, -0.2) is 14.5 Å². The van der Waals surface area contributed by atoms with Gasteiger partial charge in [0.2, 0.25) is 10.0 Å². The van der Waals surface area contributed by atoms with Crippen LogP contribution in [0.15, 0.2) is 29.2 Å². The number of rotatable bonds is 3. The monoisotopic (exact) mass is 271 g/mol. The first-order chi connectivity index (χ1) is 8.50. The van der Waals surface area contributed by atoms with Crippen LogP contribution in [0.4, 0.5) is 4.39 Å². The summed E-state index contributed by atoms with van der Waals surface area (Å²) in [5, 5.41) is 0.